The molecule has 1 amide bonds. The van der Waals surface area contributed by atoms with Gasteiger partial charge in [0.25, 0.3) is 0 Å². The minimum absolute atomic E-state index is 0.0840. The number of amides is 1. The number of halogens is 2. The summed E-state index contributed by atoms with van der Waals surface area (Å²) in [7, 11) is -3.29. The molecule has 2 aliphatic rings. The topological polar surface area (TPSA) is 70.6 Å². The fourth-order valence-corrected chi connectivity index (χ4v) is 5.95. The summed E-state index contributed by atoms with van der Waals surface area (Å²) < 4.78 is 26.0. The molecule has 3 heterocycles. The molecule has 1 atom stereocenters. The molecular formula is C17H17Cl2N3O3S2. The highest BCUT2D eigenvalue weighted by Crippen LogP contribution is 2.47. The van der Waals surface area contributed by atoms with Crippen molar-refractivity contribution in [2.75, 3.05) is 30.8 Å². The van der Waals surface area contributed by atoms with Gasteiger partial charge in [-0.05, 0) is 30.2 Å². The van der Waals surface area contributed by atoms with E-state index in [1.54, 1.807) is 11.0 Å². The molecule has 0 aliphatic carbocycles. The average molecular weight is 446 g/mol. The van der Waals surface area contributed by atoms with E-state index >= 15 is 0 Å². The Morgan fingerprint density at radius 1 is 1.33 bits per heavy atom. The Morgan fingerprint density at radius 2 is 2.11 bits per heavy atom. The average Bonchev–Trinajstić information content (AvgIpc) is 3.27. The van der Waals surface area contributed by atoms with Crippen molar-refractivity contribution in [3.8, 4) is 0 Å². The second-order valence-corrected chi connectivity index (χ2v) is 11.2. The lowest BCUT2D eigenvalue weighted by Crippen LogP contribution is -2.40. The van der Waals surface area contributed by atoms with Gasteiger partial charge in [-0.3, -0.25) is 4.79 Å². The number of rotatable bonds is 3. The largest absolute Gasteiger partial charge is 0.311 e. The summed E-state index contributed by atoms with van der Waals surface area (Å²) >= 11 is 13.4. The molecule has 1 spiro atoms. The van der Waals surface area contributed by atoms with E-state index in [0.29, 0.717) is 40.4 Å². The van der Waals surface area contributed by atoms with Crippen molar-refractivity contribution in [1.82, 2.24) is 9.29 Å². The highest BCUT2D eigenvalue weighted by atomic mass is 35.5. The highest BCUT2D eigenvalue weighted by Gasteiger charge is 2.50. The second kappa shape index (κ2) is 6.70. The van der Waals surface area contributed by atoms with Crippen LogP contribution in [-0.2, 0) is 26.7 Å². The van der Waals surface area contributed by atoms with E-state index in [-0.39, 0.29) is 12.3 Å². The van der Waals surface area contributed by atoms with E-state index in [1.165, 1.54) is 28.1 Å². The summed E-state index contributed by atoms with van der Waals surface area (Å²) in [4.78, 5) is 18.9. The number of carbonyl (C=O) groups excluding carboxylic acids is 1. The van der Waals surface area contributed by atoms with Gasteiger partial charge in [0, 0.05) is 35.8 Å². The standard InChI is InChI=1S/C17H17Cl2N3O3S2/c1-27(24,25)21-5-4-17(9-21)10-22(13-3-2-11(18)6-12(13)17)16(23)7-15-20-8-14(19)26-15/h2-3,6,8H,4-5,7,9-10H2,1H3/t17-/m1/s1. The van der Waals surface area contributed by atoms with Crippen LogP contribution in [0.2, 0.25) is 9.36 Å². The number of hydrogen-bond donors (Lipinski definition) is 0. The van der Waals surface area contributed by atoms with Gasteiger partial charge in [-0.25, -0.2) is 17.7 Å². The quantitative estimate of drug-likeness (QED) is 0.727. The summed E-state index contributed by atoms with van der Waals surface area (Å²) in [6.07, 6.45) is 3.57. The van der Waals surface area contributed by atoms with Crippen LogP contribution in [0.25, 0.3) is 0 Å². The molecule has 2 aliphatic heterocycles. The van der Waals surface area contributed by atoms with Gasteiger partial charge < -0.3 is 4.90 Å². The third kappa shape index (κ3) is 3.49. The minimum Gasteiger partial charge on any atom is -0.311 e. The molecular weight excluding hydrogens is 429 g/mol. The third-order valence-corrected chi connectivity index (χ3v) is 7.80. The van der Waals surface area contributed by atoms with Crippen molar-refractivity contribution in [2.24, 2.45) is 0 Å². The lowest BCUT2D eigenvalue weighted by Gasteiger charge is -2.25. The molecule has 6 nitrogen and oxygen atoms in total. The Balaban J connectivity index is 1.67. The van der Waals surface area contributed by atoms with Crippen LogP contribution in [0.5, 0.6) is 0 Å². The van der Waals surface area contributed by atoms with Gasteiger partial charge in [0.05, 0.1) is 18.9 Å². The van der Waals surface area contributed by atoms with Crippen molar-refractivity contribution in [3.05, 3.63) is 44.3 Å². The fraction of sp³-hybridized carbons (Fsp3) is 0.412. The first-order chi connectivity index (χ1) is 12.7. The van der Waals surface area contributed by atoms with Crippen LogP contribution in [0.1, 0.15) is 17.0 Å². The van der Waals surface area contributed by atoms with Crippen LogP contribution in [0.3, 0.4) is 0 Å². The Hall–Kier alpha value is -1.19. The number of fused-ring (bicyclic) bond motifs is 2. The number of carbonyl (C=O) groups is 1. The van der Waals surface area contributed by atoms with Crippen LogP contribution >= 0.6 is 34.5 Å². The zero-order chi connectivity index (χ0) is 19.4. The molecule has 0 radical (unpaired) electrons. The summed E-state index contributed by atoms with van der Waals surface area (Å²) in [5.41, 5.74) is 1.30. The van der Waals surface area contributed by atoms with Gasteiger partial charge in [-0.2, -0.15) is 0 Å². The maximum absolute atomic E-state index is 13.0. The molecule has 0 saturated carbocycles. The predicted octanol–water partition coefficient (Wildman–Crippen LogP) is 2.94. The van der Waals surface area contributed by atoms with Gasteiger partial charge >= 0.3 is 0 Å². The van der Waals surface area contributed by atoms with E-state index in [2.05, 4.69) is 4.98 Å². The molecule has 2 aromatic rings. The van der Waals surface area contributed by atoms with Crippen molar-refractivity contribution >= 4 is 56.2 Å². The second-order valence-electron chi connectivity index (χ2n) is 7.00. The first kappa shape index (κ1) is 19.1. The number of hydrogen-bond acceptors (Lipinski definition) is 5. The summed E-state index contributed by atoms with van der Waals surface area (Å²) in [5, 5.41) is 1.23. The Labute approximate surface area is 171 Å². The third-order valence-electron chi connectivity index (χ3n) is 5.20. The van der Waals surface area contributed by atoms with Crippen molar-refractivity contribution in [3.63, 3.8) is 0 Å². The van der Waals surface area contributed by atoms with E-state index < -0.39 is 15.4 Å². The summed E-state index contributed by atoms with van der Waals surface area (Å²) in [6, 6.07) is 5.45. The number of anilines is 1. The van der Waals surface area contributed by atoms with E-state index in [1.807, 2.05) is 12.1 Å². The van der Waals surface area contributed by atoms with Gasteiger partial charge in [-0.1, -0.05) is 23.2 Å². The van der Waals surface area contributed by atoms with Gasteiger partial charge in [-0.15, -0.1) is 11.3 Å². The molecule has 0 unspecified atom stereocenters. The molecule has 144 valence electrons. The normalized spacial score (nSPS) is 22.6. The zero-order valence-electron chi connectivity index (χ0n) is 14.5. The van der Waals surface area contributed by atoms with E-state index in [0.717, 1.165) is 11.3 Å². The smallest absolute Gasteiger partial charge is 0.233 e. The Bertz CT molecular complexity index is 1020. The van der Waals surface area contributed by atoms with Crippen LogP contribution < -0.4 is 4.90 Å². The lowest BCUT2D eigenvalue weighted by atomic mass is 9.82. The zero-order valence-corrected chi connectivity index (χ0v) is 17.6. The predicted molar refractivity (Wildman–Crippen MR) is 107 cm³/mol. The number of thiazole rings is 1. The molecule has 4 rings (SSSR count). The number of nitrogens with zero attached hydrogens (tertiary/aromatic N) is 3. The van der Waals surface area contributed by atoms with Crippen LogP contribution in [0.15, 0.2) is 24.4 Å². The summed E-state index contributed by atoms with van der Waals surface area (Å²) in [5.74, 6) is -0.0840. The molecule has 1 saturated heterocycles. The van der Waals surface area contributed by atoms with Gasteiger partial charge in [0.2, 0.25) is 15.9 Å². The van der Waals surface area contributed by atoms with Crippen molar-refractivity contribution in [1.29, 1.82) is 0 Å². The molecule has 1 aromatic heterocycles. The molecule has 0 bridgehead atoms. The first-order valence-electron chi connectivity index (χ1n) is 8.34. The number of sulfonamides is 1. The Morgan fingerprint density at radius 3 is 2.74 bits per heavy atom. The SMILES string of the molecule is CS(=O)(=O)N1CC[C@]2(CN(C(=O)Cc3ncc(Cl)s3)c3ccc(Cl)cc32)C1. The first-order valence-corrected chi connectivity index (χ1v) is 11.8. The van der Waals surface area contributed by atoms with Crippen molar-refractivity contribution < 1.29 is 13.2 Å². The maximum atomic E-state index is 13.0. The fourth-order valence-electron chi connectivity index (χ4n) is 3.92. The molecule has 27 heavy (non-hydrogen) atoms. The Kier molecular flexibility index (Phi) is 4.75. The van der Waals surface area contributed by atoms with Crippen LogP contribution in [0.4, 0.5) is 5.69 Å². The van der Waals surface area contributed by atoms with E-state index in [9.17, 15) is 13.2 Å². The monoisotopic (exact) mass is 445 g/mol. The van der Waals surface area contributed by atoms with Crippen molar-refractivity contribution in [2.45, 2.75) is 18.3 Å². The molecule has 10 heteroatoms. The minimum atomic E-state index is -3.29. The van der Waals surface area contributed by atoms with Crippen LogP contribution in [-0.4, -0.2) is 49.5 Å². The van der Waals surface area contributed by atoms with Crippen LogP contribution in [0, 0.1) is 0 Å². The molecule has 0 N–H and O–H groups in total. The number of aromatic nitrogens is 1. The summed E-state index contributed by atoms with van der Waals surface area (Å²) in [6.45, 7) is 1.23. The molecule has 1 fully saturated rings. The van der Waals surface area contributed by atoms with E-state index in [4.69, 9.17) is 23.2 Å². The number of benzene rings is 1. The van der Waals surface area contributed by atoms with Gasteiger partial charge in [0.1, 0.15) is 9.34 Å². The van der Waals surface area contributed by atoms with Gasteiger partial charge in [0.15, 0.2) is 0 Å². The lowest BCUT2D eigenvalue weighted by molar-refractivity contribution is -0.118. The highest BCUT2D eigenvalue weighted by molar-refractivity contribution is 7.88. The maximum Gasteiger partial charge on any atom is 0.233 e. The molecule has 1 aromatic carbocycles.